The highest BCUT2D eigenvalue weighted by atomic mass is 16.4. The molecule has 0 spiro atoms. The fourth-order valence-corrected chi connectivity index (χ4v) is 2.88. The third kappa shape index (κ3) is 2.55. The molecule has 3 rings (SSSR count). The molecule has 7 N–H and O–H groups in total. The summed E-state index contributed by atoms with van der Waals surface area (Å²) in [6.07, 6.45) is 0. The van der Waals surface area contributed by atoms with E-state index in [1.807, 2.05) is 0 Å². The van der Waals surface area contributed by atoms with Crippen LogP contribution in [0, 0.1) is 0 Å². The summed E-state index contributed by atoms with van der Waals surface area (Å²) in [5, 5.41) is 38.7. The minimum absolute atomic E-state index is 0.197. The van der Waals surface area contributed by atoms with Crippen LogP contribution in [0.2, 0.25) is 0 Å². The van der Waals surface area contributed by atoms with Crippen molar-refractivity contribution in [2.75, 3.05) is 7.05 Å². The molecule has 1 aliphatic carbocycles. The summed E-state index contributed by atoms with van der Waals surface area (Å²) in [5.41, 5.74) is -1.20. The fourth-order valence-electron chi connectivity index (χ4n) is 2.88. The summed E-state index contributed by atoms with van der Waals surface area (Å²) in [4.78, 5) is 53.2. The Balaban J connectivity index is 2.48. The fraction of sp³-hybridized carbons (Fsp3) is 0.133. The summed E-state index contributed by atoms with van der Waals surface area (Å²) in [6, 6.07) is 1.70. The van der Waals surface area contributed by atoms with Gasteiger partial charge in [-0.2, -0.15) is 0 Å². The summed E-state index contributed by atoms with van der Waals surface area (Å²) >= 11 is 0. The van der Waals surface area contributed by atoms with Gasteiger partial charge in [0.05, 0.1) is 11.3 Å². The van der Waals surface area contributed by atoms with Crippen LogP contribution in [0.15, 0.2) is 12.1 Å². The van der Waals surface area contributed by atoms with Crippen molar-refractivity contribution >= 4 is 23.7 Å². The normalized spacial score (nSPS) is 17.9. The molecule has 0 amide bonds. The number of pyridine rings is 1. The molecule has 2 aromatic heterocycles. The van der Waals surface area contributed by atoms with Crippen molar-refractivity contribution in [3.05, 3.63) is 40.3 Å². The molecule has 0 aromatic carbocycles. The number of carbonyl (C=O) groups excluding carboxylic acids is 1. The first-order valence-corrected chi connectivity index (χ1v) is 7.31. The highest BCUT2D eigenvalue weighted by molar-refractivity contribution is 6.14. The van der Waals surface area contributed by atoms with Crippen LogP contribution in [0.3, 0.4) is 0 Å². The first-order valence-electron chi connectivity index (χ1n) is 7.31. The number of carbonyl (C=O) groups is 4. The SMILES string of the molecule is CNNC1(O)C(=O)c2cc(C(=O)O)[nH]c2-c2c(C(=O)O)cc(C(=O)O)nc21. The van der Waals surface area contributed by atoms with Crippen molar-refractivity contribution in [2.24, 2.45) is 0 Å². The molecular weight excluding hydrogens is 364 g/mol. The van der Waals surface area contributed by atoms with E-state index in [0.29, 0.717) is 0 Å². The molecule has 0 aliphatic heterocycles. The number of H-pyrrole nitrogens is 1. The Morgan fingerprint density at radius 2 is 1.78 bits per heavy atom. The van der Waals surface area contributed by atoms with E-state index >= 15 is 0 Å². The Kier molecular flexibility index (Phi) is 4.03. The Morgan fingerprint density at radius 1 is 1.11 bits per heavy atom. The molecule has 27 heavy (non-hydrogen) atoms. The molecule has 0 bridgehead atoms. The number of hydrogen-bond donors (Lipinski definition) is 7. The Morgan fingerprint density at radius 3 is 2.30 bits per heavy atom. The predicted molar refractivity (Wildman–Crippen MR) is 85.3 cm³/mol. The number of ketones is 1. The standard InChI is InChI=1S/C15H12N4O8/c1-16-19-15(27)10-8(4(12(21)22)2-7(18-10)14(25)26)9-5(11(15)20)3-6(17-9)13(23)24/h2-3,16-17,19,27H,1H3,(H,21,22)(H,23,24)(H,25,26). The molecule has 2 aromatic rings. The molecule has 140 valence electrons. The number of Topliss-reactive ketones (excluding diaryl/α,β-unsaturated/α-hetero) is 1. The first kappa shape index (κ1) is 18.2. The van der Waals surface area contributed by atoms with Gasteiger partial charge in [-0.25, -0.2) is 24.8 Å². The van der Waals surface area contributed by atoms with E-state index in [4.69, 9.17) is 5.11 Å². The maximum Gasteiger partial charge on any atom is 0.354 e. The monoisotopic (exact) mass is 376 g/mol. The van der Waals surface area contributed by atoms with E-state index < -0.39 is 52.1 Å². The van der Waals surface area contributed by atoms with Gasteiger partial charge in [-0.1, -0.05) is 0 Å². The molecule has 12 nitrogen and oxygen atoms in total. The number of fused-ring (bicyclic) bond motifs is 3. The second-order valence-electron chi connectivity index (χ2n) is 5.58. The maximum absolute atomic E-state index is 12.8. The molecule has 2 heterocycles. The summed E-state index contributed by atoms with van der Waals surface area (Å²) in [5.74, 6) is -5.61. The number of hydrazine groups is 1. The van der Waals surface area contributed by atoms with Crippen molar-refractivity contribution in [2.45, 2.75) is 5.72 Å². The number of carboxylic acid groups (broad SMARTS) is 3. The van der Waals surface area contributed by atoms with Gasteiger partial charge in [0.2, 0.25) is 11.5 Å². The highest BCUT2D eigenvalue weighted by Crippen LogP contribution is 2.41. The van der Waals surface area contributed by atoms with Gasteiger partial charge >= 0.3 is 17.9 Å². The number of hydrogen-bond acceptors (Lipinski definition) is 8. The maximum atomic E-state index is 12.8. The van der Waals surface area contributed by atoms with Crippen molar-refractivity contribution in [3.63, 3.8) is 0 Å². The van der Waals surface area contributed by atoms with Crippen LogP contribution in [0.4, 0.5) is 0 Å². The lowest BCUT2D eigenvalue weighted by Crippen LogP contribution is -2.56. The van der Waals surface area contributed by atoms with Crippen molar-refractivity contribution in [3.8, 4) is 11.3 Å². The van der Waals surface area contributed by atoms with E-state index in [1.54, 1.807) is 0 Å². The minimum atomic E-state index is -2.63. The van der Waals surface area contributed by atoms with Crippen LogP contribution in [-0.4, -0.2) is 61.1 Å². The summed E-state index contributed by atoms with van der Waals surface area (Å²) in [7, 11) is 1.30. The average molecular weight is 376 g/mol. The molecule has 0 radical (unpaired) electrons. The zero-order chi connectivity index (χ0) is 20.1. The largest absolute Gasteiger partial charge is 0.478 e. The van der Waals surface area contributed by atoms with E-state index in [-0.39, 0.29) is 16.8 Å². The van der Waals surface area contributed by atoms with Gasteiger partial charge in [-0.05, 0) is 19.2 Å². The lowest BCUT2D eigenvalue weighted by atomic mass is 9.83. The number of aromatic carboxylic acids is 3. The van der Waals surface area contributed by atoms with Crippen LogP contribution < -0.4 is 10.9 Å². The van der Waals surface area contributed by atoms with Gasteiger partial charge in [-0.3, -0.25) is 10.2 Å². The van der Waals surface area contributed by atoms with E-state index in [2.05, 4.69) is 20.8 Å². The third-order valence-corrected chi connectivity index (χ3v) is 3.99. The molecule has 0 saturated carbocycles. The Hall–Kier alpha value is -3.61. The van der Waals surface area contributed by atoms with Crippen LogP contribution in [-0.2, 0) is 5.72 Å². The second kappa shape index (κ2) is 5.98. The molecule has 1 unspecified atom stereocenters. The summed E-state index contributed by atoms with van der Waals surface area (Å²) in [6.45, 7) is 0. The third-order valence-electron chi connectivity index (χ3n) is 3.99. The van der Waals surface area contributed by atoms with Gasteiger partial charge in [0, 0.05) is 11.1 Å². The highest BCUT2D eigenvalue weighted by Gasteiger charge is 2.49. The number of aromatic nitrogens is 2. The van der Waals surface area contributed by atoms with Crippen molar-refractivity contribution in [1.29, 1.82) is 0 Å². The van der Waals surface area contributed by atoms with Crippen molar-refractivity contribution in [1.82, 2.24) is 20.8 Å². The van der Waals surface area contributed by atoms with E-state index in [1.165, 1.54) is 7.05 Å². The minimum Gasteiger partial charge on any atom is -0.478 e. The smallest absolute Gasteiger partial charge is 0.354 e. The quantitative estimate of drug-likeness (QED) is 0.255. The molecule has 12 heteroatoms. The molecule has 1 atom stereocenters. The van der Waals surface area contributed by atoms with E-state index in [0.717, 1.165) is 12.1 Å². The molecule has 1 aliphatic rings. The first-order chi connectivity index (χ1) is 12.6. The lowest BCUT2D eigenvalue weighted by molar-refractivity contribution is -0.00141. The molecular formula is C15H12N4O8. The van der Waals surface area contributed by atoms with Gasteiger partial charge in [-0.15, -0.1) is 0 Å². The van der Waals surface area contributed by atoms with Gasteiger partial charge < -0.3 is 25.4 Å². The van der Waals surface area contributed by atoms with Gasteiger partial charge in [0.15, 0.2) is 0 Å². The van der Waals surface area contributed by atoms with Gasteiger partial charge in [0.25, 0.3) is 0 Å². The van der Waals surface area contributed by atoms with Crippen LogP contribution >= 0.6 is 0 Å². The Labute approximate surface area is 149 Å². The number of aromatic amines is 1. The Bertz CT molecular complexity index is 1030. The van der Waals surface area contributed by atoms with E-state index in [9.17, 15) is 34.5 Å². The topological polar surface area (TPSA) is 202 Å². The zero-order valence-electron chi connectivity index (χ0n) is 13.5. The second-order valence-corrected chi connectivity index (χ2v) is 5.58. The number of carboxylic acids is 3. The molecule has 0 saturated heterocycles. The van der Waals surface area contributed by atoms with Crippen LogP contribution in [0.5, 0.6) is 0 Å². The van der Waals surface area contributed by atoms with Crippen molar-refractivity contribution < 1.29 is 39.6 Å². The van der Waals surface area contributed by atoms with Gasteiger partial charge in [0.1, 0.15) is 17.1 Å². The summed E-state index contributed by atoms with van der Waals surface area (Å²) < 4.78 is 0. The zero-order valence-corrected chi connectivity index (χ0v) is 13.5. The van der Waals surface area contributed by atoms with Crippen LogP contribution in [0.1, 0.15) is 47.4 Å². The number of nitrogens with one attached hydrogen (secondary N) is 3. The number of rotatable bonds is 5. The lowest BCUT2D eigenvalue weighted by Gasteiger charge is -2.32. The van der Waals surface area contributed by atoms with Crippen LogP contribution in [0.25, 0.3) is 11.3 Å². The molecule has 0 fully saturated rings. The number of nitrogens with zero attached hydrogens (tertiary/aromatic N) is 1. The predicted octanol–water partition coefficient (Wildman–Crippen LogP) is -0.763. The average Bonchev–Trinajstić information content (AvgIpc) is 3.04. The number of aliphatic hydroxyl groups is 1.